The van der Waals surface area contributed by atoms with Crippen molar-refractivity contribution in [3.8, 4) is 0 Å². The lowest BCUT2D eigenvalue weighted by Crippen LogP contribution is -2.28. The molecule has 0 bridgehead atoms. The Morgan fingerprint density at radius 2 is 2.11 bits per heavy atom. The summed E-state index contributed by atoms with van der Waals surface area (Å²) in [7, 11) is -3.84. The number of alkyl halides is 2. The van der Waals surface area contributed by atoms with E-state index in [1.165, 1.54) is 17.4 Å². The number of aryl methyl sites for hydroxylation is 1. The first-order chi connectivity index (χ1) is 8.36. The Morgan fingerprint density at radius 3 is 2.67 bits per heavy atom. The first-order valence-electron chi connectivity index (χ1n) is 5.44. The quantitative estimate of drug-likeness (QED) is 0.805. The Hall–Kier alpha value is -0.570. The summed E-state index contributed by atoms with van der Waals surface area (Å²) in [6.07, 6.45) is -2.69. The van der Waals surface area contributed by atoms with Crippen molar-refractivity contribution in [1.29, 1.82) is 0 Å². The largest absolute Gasteiger partial charge is 0.312 e. The highest BCUT2D eigenvalue weighted by atomic mass is 32.2. The predicted molar refractivity (Wildman–Crippen MR) is 67.6 cm³/mol. The number of hydrogen-bond acceptors (Lipinski definition) is 4. The third-order valence-electron chi connectivity index (χ3n) is 2.19. The maximum Gasteiger partial charge on any atom is 0.251 e. The molecular formula is C10H16F2N2O2S2. The van der Waals surface area contributed by atoms with Crippen molar-refractivity contribution in [2.75, 3.05) is 13.1 Å². The molecule has 0 radical (unpaired) electrons. The van der Waals surface area contributed by atoms with Gasteiger partial charge in [-0.3, -0.25) is 0 Å². The molecule has 0 fully saturated rings. The molecule has 4 nitrogen and oxygen atoms in total. The maximum absolute atomic E-state index is 12.0. The molecule has 0 spiro atoms. The van der Waals surface area contributed by atoms with Crippen LogP contribution in [0, 0.1) is 6.92 Å². The molecule has 1 heterocycles. The molecule has 1 aromatic rings. The van der Waals surface area contributed by atoms with Crippen LogP contribution in [-0.2, 0) is 16.6 Å². The lowest BCUT2D eigenvalue weighted by atomic mass is 10.4. The topological polar surface area (TPSA) is 58.2 Å². The average molecular weight is 298 g/mol. The standard InChI is InChI=1S/C10H16F2N2O2S2/c1-3-13-5-8-4-9(7(2)17-8)18(15,16)14-6-10(11)12/h4,10,13-14H,3,5-6H2,1-2H3. The van der Waals surface area contributed by atoms with Gasteiger partial charge in [-0.25, -0.2) is 21.9 Å². The molecule has 104 valence electrons. The van der Waals surface area contributed by atoms with E-state index in [2.05, 4.69) is 5.32 Å². The highest BCUT2D eigenvalue weighted by molar-refractivity contribution is 7.89. The molecule has 0 aliphatic carbocycles. The third kappa shape index (κ3) is 4.27. The minimum atomic E-state index is -3.84. The van der Waals surface area contributed by atoms with Crippen LogP contribution in [0.15, 0.2) is 11.0 Å². The van der Waals surface area contributed by atoms with Crippen LogP contribution in [0.1, 0.15) is 16.7 Å². The van der Waals surface area contributed by atoms with E-state index in [1.54, 1.807) is 6.92 Å². The number of nitrogens with one attached hydrogen (secondary N) is 2. The average Bonchev–Trinajstić information content (AvgIpc) is 2.66. The van der Waals surface area contributed by atoms with Gasteiger partial charge in [0.1, 0.15) is 0 Å². The summed E-state index contributed by atoms with van der Waals surface area (Å²) in [5.74, 6) is 0. The molecule has 0 atom stereocenters. The summed E-state index contributed by atoms with van der Waals surface area (Å²) in [5.41, 5.74) is 0. The van der Waals surface area contributed by atoms with Gasteiger partial charge in [0.15, 0.2) is 0 Å². The fraction of sp³-hybridized carbons (Fsp3) is 0.600. The van der Waals surface area contributed by atoms with Gasteiger partial charge in [0, 0.05) is 16.3 Å². The highest BCUT2D eigenvalue weighted by Crippen LogP contribution is 2.25. The molecule has 0 aromatic carbocycles. The molecule has 1 aromatic heterocycles. The molecule has 0 saturated carbocycles. The summed E-state index contributed by atoms with van der Waals surface area (Å²) >= 11 is 1.35. The molecule has 0 saturated heterocycles. The molecule has 0 amide bonds. The molecule has 1 rings (SSSR count). The maximum atomic E-state index is 12.0. The molecule has 2 N–H and O–H groups in total. The van der Waals surface area contributed by atoms with E-state index in [0.29, 0.717) is 11.4 Å². The zero-order valence-electron chi connectivity index (χ0n) is 10.2. The van der Waals surface area contributed by atoms with E-state index in [1.807, 2.05) is 11.6 Å². The SMILES string of the molecule is CCNCc1cc(S(=O)(=O)NCC(F)F)c(C)s1. The summed E-state index contributed by atoms with van der Waals surface area (Å²) in [6, 6.07) is 1.52. The van der Waals surface area contributed by atoms with Crippen molar-refractivity contribution >= 4 is 21.4 Å². The number of sulfonamides is 1. The van der Waals surface area contributed by atoms with Crippen LogP contribution in [0.25, 0.3) is 0 Å². The highest BCUT2D eigenvalue weighted by Gasteiger charge is 2.20. The Labute approximate surface area is 109 Å². The lowest BCUT2D eigenvalue weighted by Gasteiger charge is -2.04. The van der Waals surface area contributed by atoms with Gasteiger partial charge < -0.3 is 5.32 Å². The van der Waals surface area contributed by atoms with Crippen LogP contribution in [-0.4, -0.2) is 27.9 Å². The van der Waals surface area contributed by atoms with Crippen molar-refractivity contribution < 1.29 is 17.2 Å². The van der Waals surface area contributed by atoms with Crippen LogP contribution in [0.2, 0.25) is 0 Å². The molecule has 18 heavy (non-hydrogen) atoms. The van der Waals surface area contributed by atoms with Gasteiger partial charge in [-0.1, -0.05) is 6.92 Å². The fourth-order valence-electron chi connectivity index (χ4n) is 1.38. The first-order valence-corrected chi connectivity index (χ1v) is 7.74. The smallest absolute Gasteiger partial charge is 0.251 e. The Bertz CT molecular complexity index is 486. The van der Waals surface area contributed by atoms with Gasteiger partial charge >= 0.3 is 0 Å². The van der Waals surface area contributed by atoms with Gasteiger partial charge in [-0.05, 0) is 19.5 Å². The van der Waals surface area contributed by atoms with Gasteiger partial charge in [0.2, 0.25) is 10.0 Å². The van der Waals surface area contributed by atoms with Crippen LogP contribution >= 0.6 is 11.3 Å². The number of hydrogen-bond donors (Lipinski definition) is 2. The monoisotopic (exact) mass is 298 g/mol. The second kappa shape index (κ2) is 6.55. The summed E-state index contributed by atoms with van der Waals surface area (Å²) in [6.45, 7) is 4.11. The minimum Gasteiger partial charge on any atom is -0.312 e. The van der Waals surface area contributed by atoms with E-state index >= 15 is 0 Å². The zero-order valence-corrected chi connectivity index (χ0v) is 11.8. The fourth-order valence-corrected chi connectivity index (χ4v) is 3.99. The number of rotatable bonds is 7. The van der Waals surface area contributed by atoms with Gasteiger partial charge in [0.25, 0.3) is 6.43 Å². The third-order valence-corrected chi connectivity index (χ3v) is 4.92. The van der Waals surface area contributed by atoms with Crippen molar-refractivity contribution in [2.24, 2.45) is 0 Å². The summed E-state index contributed by atoms with van der Waals surface area (Å²) in [4.78, 5) is 1.55. The van der Waals surface area contributed by atoms with Gasteiger partial charge in [0.05, 0.1) is 11.4 Å². The zero-order chi connectivity index (χ0) is 13.8. The van der Waals surface area contributed by atoms with E-state index in [0.717, 1.165) is 11.4 Å². The minimum absolute atomic E-state index is 0.0843. The Balaban J connectivity index is 2.84. The van der Waals surface area contributed by atoms with E-state index in [9.17, 15) is 17.2 Å². The molecule has 8 heteroatoms. The second-order valence-electron chi connectivity index (χ2n) is 3.66. The lowest BCUT2D eigenvalue weighted by molar-refractivity contribution is 0.153. The van der Waals surface area contributed by atoms with Crippen molar-refractivity contribution in [1.82, 2.24) is 10.0 Å². The van der Waals surface area contributed by atoms with Crippen molar-refractivity contribution in [3.63, 3.8) is 0 Å². The molecule has 0 aliphatic heterocycles. The van der Waals surface area contributed by atoms with Crippen molar-refractivity contribution in [2.45, 2.75) is 31.7 Å². The van der Waals surface area contributed by atoms with Crippen LogP contribution < -0.4 is 10.0 Å². The van der Waals surface area contributed by atoms with Crippen LogP contribution in [0.4, 0.5) is 8.78 Å². The molecular weight excluding hydrogens is 282 g/mol. The molecule has 0 unspecified atom stereocenters. The van der Waals surface area contributed by atoms with Crippen molar-refractivity contribution in [3.05, 3.63) is 15.8 Å². The summed E-state index contributed by atoms with van der Waals surface area (Å²) in [5, 5.41) is 3.08. The number of halogens is 2. The van der Waals surface area contributed by atoms with E-state index in [4.69, 9.17) is 0 Å². The van der Waals surface area contributed by atoms with E-state index < -0.39 is 23.0 Å². The van der Waals surface area contributed by atoms with E-state index in [-0.39, 0.29) is 4.90 Å². The van der Waals surface area contributed by atoms with Gasteiger partial charge in [-0.2, -0.15) is 0 Å². The second-order valence-corrected chi connectivity index (χ2v) is 6.73. The summed E-state index contributed by atoms with van der Waals surface area (Å²) < 4.78 is 49.5. The normalized spacial score (nSPS) is 12.3. The Morgan fingerprint density at radius 1 is 1.44 bits per heavy atom. The Kier molecular flexibility index (Phi) is 5.64. The predicted octanol–water partition coefficient (Wildman–Crippen LogP) is 1.71. The van der Waals surface area contributed by atoms with Gasteiger partial charge in [-0.15, -0.1) is 11.3 Å². The van der Waals surface area contributed by atoms with Crippen LogP contribution in [0.5, 0.6) is 0 Å². The van der Waals surface area contributed by atoms with Crippen LogP contribution in [0.3, 0.4) is 0 Å². The number of thiophene rings is 1. The molecule has 0 aliphatic rings. The first kappa shape index (κ1) is 15.5.